The number of benzene rings is 1. The molecule has 0 aliphatic carbocycles. The molecule has 0 amide bonds. The maximum absolute atomic E-state index is 13.2. The average Bonchev–Trinajstić information content (AvgIpc) is 3.20. The van der Waals surface area contributed by atoms with Gasteiger partial charge in [-0.1, -0.05) is 6.08 Å². The van der Waals surface area contributed by atoms with E-state index in [1.54, 1.807) is 47.3 Å². The molecule has 12 heteroatoms. The molecule has 4 aromatic rings. The van der Waals surface area contributed by atoms with Crippen LogP contribution in [0, 0.1) is 0 Å². The summed E-state index contributed by atoms with van der Waals surface area (Å²) in [6, 6.07) is 8.94. The van der Waals surface area contributed by atoms with Crippen molar-refractivity contribution in [2.45, 2.75) is 25.5 Å². The summed E-state index contributed by atoms with van der Waals surface area (Å²) in [5, 5.41) is 3.47. The second kappa shape index (κ2) is 11.4. The van der Waals surface area contributed by atoms with Crippen LogP contribution in [-0.4, -0.2) is 73.7 Å². The van der Waals surface area contributed by atoms with E-state index in [4.69, 9.17) is 9.47 Å². The smallest absolute Gasteiger partial charge is 0.318 e. The fourth-order valence-electron chi connectivity index (χ4n) is 4.29. The zero-order valence-corrected chi connectivity index (χ0v) is 21.1. The number of nitrogens with zero attached hydrogens (tertiary/aromatic N) is 7. The molecule has 1 saturated heterocycles. The normalized spacial score (nSPS) is 14.5. The molecule has 0 atom stereocenters. The zero-order chi connectivity index (χ0) is 26.5. The summed E-state index contributed by atoms with van der Waals surface area (Å²) >= 11 is 0. The SMILES string of the molecule is C=CCn1c(=O)c2cnc(Nc3ccc(OCCF)cc3)nc2n1-c1ccnc(OC2CCN(C)CC2)n1. The van der Waals surface area contributed by atoms with Gasteiger partial charge in [0.15, 0.2) is 11.5 Å². The van der Waals surface area contributed by atoms with Crippen LogP contribution in [0.5, 0.6) is 11.8 Å². The van der Waals surface area contributed by atoms with Crippen molar-refractivity contribution in [2.24, 2.45) is 0 Å². The van der Waals surface area contributed by atoms with Crippen LogP contribution in [0.1, 0.15) is 12.8 Å². The number of hydrogen-bond donors (Lipinski definition) is 1. The van der Waals surface area contributed by atoms with Gasteiger partial charge in [-0.15, -0.1) is 6.58 Å². The van der Waals surface area contributed by atoms with Crippen LogP contribution < -0.4 is 20.3 Å². The summed E-state index contributed by atoms with van der Waals surface area (Å²) in [5.41, 5.74) is 0.811. The monoisotopic (exact) mass is 520 g/mol. The largest absolute Gasteiger partial charge is 0.491 e. The molecule has 198 valence electrons. The molecule has 0 spiro atoms. The number of aromatic nitrogens is 6. The highest BCUT2D eigenvalue weighted by Gasteiger charge is 2.21. The van der Waals surface area contributed by atoms with E-state index in [0.717, 1.165) is 25.9 Å². The van der Waals surface area contributed by atoms with Gasteiger partial charge < -0.3 is 19.7 Å². The summed E-state index contributed by atoms with van der Waals surface area (Å²) < 4.78 is 26.8. The van der Waals surface area contributed by atoms with Gasteiger partial charge in [-0.05, 0) is 44.2 Å². The number of alkyl halides is 1. The van der Waals surface area contributed by atoms with Crippen LogP contribution in [0.25, 0.3) is 16.9 Å². The number of ether oxygens (including phenoxy) is 2. The number of allylic oxidation sites excluding steroid dienone is 1. The van der Waals surface area contributed by atoms with E-state index in [1.807, 2.05) is 0 Å². The van der Waals surface area contributed by atoms with Gasteiger partial charge in [0.1, 0.15) is 30.5 Å². The lowest BCUT2D eigenvalue weighted by molar-refractivity contribution is 0.105. The Bertz CT molecular complexity index is 1460. The molecule has 0 unspecified atom stereocenters. The second-order valence-corrected chi connectivity index (χ2v) is 8.92. The van der Waals surface area contributed by atoms with Gasteiger partial charge in [0.2, 0.25) is 5.95 Å². The first-order valence-electron chi connectivity index (χ1n) is 12.4. The average molecular weight is 521 g/mol. The van der Waals surface area contributed by atoms with Crippen molar-refractivity contribution in [2.75, 3.05) is 38.7 Å². The van der Waals surface area contributed by atoms with Crippen molar-refractivity contribution in [3.8, 4) is 17.6 Å². The maximum atomic E-state index is 13.2. The summed E-state index contributed by atoms with van der Waals surface area (Å²) in [5.74, 6) is 1.29. The first kappa shape index (κ1) is 25.3. The van der Waals surface area contributed by atoms with Crippen LogP contribution in [-0.2, 0) is 6.54 Å². The quantitative estimate of drug-likeness (QED) is 0.315. The second-order valence-electron chi connectivity index (χ2n) is 8.92. The van der Waals surface area contributed by atoms with Gasteiger partial charge in [-0.3, -0.25) is 4.79 Å². The zero-order valence-electron chi connectivity index (χ0n) is 21.1. The van der Waals surface area contributed by atoms with E-state index in [0.29, 0.717) is 28.3 Å². The molecular weight excluding hydrogens is 491 g/mol. The Morgan fingerprint density at radius 3 is 2.68 bits per heavy atom. The molecule has 38 heavy (non-hydrogen) atoms. The molecule has 1 aromatic carbocycles. The Labute approximate surface area is 218 Å². The van der Waals surface area contributed by atoms with Gasteiger partial charge in [0, 0.05) is 37.2 Å². The highest BCUT2D eigenvalue weighted by atomic mass is 19.1. The number of rotatable bonds is 10. The molecular formula is C26H29FN8O3. The van der Waals surface area contributed by atoms with Gasteiger partial charge in [0.25, 0.3) is 5.56 Å². The molecule has 1 fully saturated rings. The molecule has 1 N–H and O–H groups in total. The van der Waals surface area contributed by atoms with Crippen LogP contribution in [0.3, 0.4) is 0 Å². The van der Waals surface area contributed by atoms with Gasteiger partial charge >= 0.3 is 6.01 Å². The third-order valence-corrected chi connectivity index (χ3v) is 6.21. The van der Waals surface area contributed by atoms with E-state index in [9.17, 15) is 9.18 Å². The first-order chi connectivity index (χ1) is 18.6. The van der Waals surface area contributed by atoms with E-state index in [2.05, 4.69) is 43.8 Å². The summed E-state index contributed by atoms with van der Waals surface area (Å²) in [7, 11) is 2.09. The maximum Gasteiger partial charge on any atom is 0.318 e. The Morgan fingerprint density at radius 1 is 1.16 bits per heavy atom. The fraction of sp³-hybridized carbons (Fsp3) is 0.346. The van der Waals surface area contributed by atoms with E-state index in [1.165, 1.54) is 10.9 Å². The molecule has 1 aliphatic heterocycles. The minimum Gasteiger partial charge on any atom is -0.491 e. The number of fused-ring (bicyclic) bond motifs is 1. The number of likely N-dealkylation sites (tertiary alicyclic amines) is 1. The number of halogens is 1. The van der Waals surface area contributed by atoms with Gasteiger partial charge in [-0.2, -0.15) is 9.97 Å². The van der Waals surface area contributed by atoms with E-state index in [-0.39, 0.29) is 36.8 Å². The molecule has 0 radical (unpaired) electrons. The number of piperidine rings is 1. The molecule has 3 aromatic heterocycles. The van der Waals surface area contributed by atoms with Gasteiger partial charge in [-0.25, -0.2) is 23.7 Å². The lowest BCUT2D eigenvalue weighted by Crippen LogP contribution is -2.36. The summed E-state index contributed by atoms with van der Waals surface area (Å²) in [6.45, 7) is 5.37. The summed E-state index contributed by atoms with van der Waals surface area (Å²) in [4.78, 5) is 33.3. The van der Waals surface area contributed by atoms with Gasteiger partial charge in [0.05, 0.1) is 6.54 Å². The highest BCUT2D eigenvalue weighted by molar-refractivity contribution is 5.77. The predicted molar refractivity (Wildman–Crippen MR) is 141 cm³/mol. The van der Waals surface area contributed by atoms with Crippen LogP contribution >= 0.6 is 0 Å². The van der Waals surface area contributed by atoms with Crippen molar-refractivity contribution in [3.05, 3.63) is 65.7 Å². The number of anilines is 2. The molecule has 0 bridgehead atoms. The Balaban J connectivity index is 1.47. The third kappa shape index (κ3) is 5.49. The van der Waals surface area contributed by atoms with Crippen LogP contribution in [0.2, 0.25) is 0 Å². The summed E-state index contributed by atoms with van der Waals surface area (Å²) in [6.07, 6.45) is 6.54. The lowest BCUT2D eigenvalue weighted by Gasteiger charge is -2.28. The molecule has 4 heterocycles. The highest BCUT2D eigenvalue weighted by Crippen LogP contribution is 2.22. The minimum atomic E-state index is -0.556. The minimum absolute atomic E-state index is 0.000420. The van der Waals surface area contributed by atoms with Crippen molar-refractivity contribution in [1.29, 1.82) is 0 Å². The van der Waals surface area contributed by atoms with Crippen molar-refractivity contribution in [1.82, 2.24) is 34.2 Å². The predicted octanol–water partition coefficient (Wildman–Crippen LogP) is 3.12. The standard InChI is InChI=1S/C26H29FN8O3/c1-3-13-34-24(36)21-17-29-25(30-18-4-6-19(7-5-18)37-16-11-27)32-23(21)35(34)22-8-12-28-26(31-22)38-20-9-14-33(2)15-10-20/h3-8,12,17,20H,1,9-11,13-16H2,2H3,(H,29,30,32). The van der Waals surface area contributed by atoms with Crippen LogP contribution in [0.4, 0.5) is 16.0 Å². The number of hydrogen-bond acceptors (Lipinski definition) is 9. The van der Waals surface area contributed by atoms with Crippen molar-refractivity contribution < 1.29 is 13.9 Å². The number of nitrogens with one attached hydrogen (secondary N) is 1. The third-order valence-electron chi connectivity index (χ3n) is 6.21. The fourth-order valence-corrected chi connectivity index (χ4v) is 4.29. The molecule has 0 saturated carbocycles. The topological polar surface area (TPSA) is 112 Å². The Kier molecular flexibility index (Phi) is 7.59. The Hall–Kier alpha value is -4.32. The van der Waals surface area contributed by atoms with E-state index < -0.39 is 6.67 Å². The Morgan fingerprint density at radius 2 is 1.95 bits per heavy atom. The van der Waals surface area contributed by atoms with Crippen molar-refractivity contribution in [3.63, 3.8) is 0 Å². The molecule has 11 nitrogen and oxygen atoms in total. The van der Waals surface area contributed by atoms with Crippen molar-refractivity contribution >= 4 is 22.7 Å². The molecule has 5 rings (SSSR count). The molecule has 1 aliphatic rings. The first-order valence-corrected chi connectivity index (χ1v) is 12.4. The van der Waals surface area contributed by atoms with Crippen LogP contribution in [0.15, 0.2) is 60.2 Å². The lowest BCUT2D eigenvalue weighted by atomic mass is 10.1. The van der Waals surface area contributed by atoms with E-state index >= 15 is 0 Å².